The molecule has 3 rings (SSSR count). The van der Waals surface area contributed by atoms with E-state index in [2.05, 4.69) is 10.3 Å². The van der Waals surface area contributed by atoms with Crippen LogP contribution in [0.15, 0.2) is 36.4 Å². The number of carbonyl (C=O) groups is 1. The van der Waals surface area contributed by atoms with E-state index < -0.39 is 0 Å². The molecule has 0 aliphatic rings. The number of carbonyl (C=O) groups excluding carboxylic acids is 1. The Morgan fingerprint density at radius 1 is 1.13 bits per heavy atom. The van der Waals surface area contributed by atoms with Crippen molar-refractivity contribution < 1.29 is 9.53 Å². The molecule has 0 unspecified atom stereocenters. The highest BCUT2D eigenvalue weighted by molar-refractivity contribution is 6.35. The lowest BCUT2D eigenvalue weighted by Gasteiger charge is -2.06. The smallest absolute Gasteiger partial charge is 0.272 e. The van der Waals surface area contributed by atoms with Crippen molar-refractivity contribution in [2.45, 2.75) is 6.92 Å². The number of hydrogen-bond acceptors (Lipinski definition) is 2. The van der Waals surface area contributed by atoms with Crippen molar-refractivity contribution >= 4 is 45.7 Å². The summed E-state index contributed by atoms with van der Waals surface area (Å²) in [4.78, 5) is 15.7. The highest BCUT2D eigenvalue weighted by atomic mass is 35.5. The van der Waals surface area contributed by atoms with Crippen molar-refractivity contribution in [1.29, 1.82) is 0 Å². The van der Waals surface area contributed by atoms with Crippen LogP contribution in [-0.4, -0.2) is 18.0 Å². The summed E-state index contributed by atoms with van der Waals surface area (Å²) >= 11 is 11.9. The standard InChI is InChI=1S/C17H14Cl2N2O2/c1-9-14-8-13(23-2)3-4-15(14)21-16(9)17(22)20-12-6-10(18)5-11(19)7-12/h3-8,21H,1-2H3,(H,20,22). The van der Waals surface area contributed by atoms with Crippen LogP contribution in [0.4, 0.5) is 5.69 Å². The molecule has 6 heteroatoms. The summed E-state index contributed by atoms with van der Waals surface area (Å²) in [6.45, 7) is 1.89. The molecule has 0 fully saturated rings. The third-order valence-electron chi connectivity index (χ3n) is 3.61. The second-order valence-corrected chi connectivity index (χ2v) is 6.02. The molecule has 23 heavy (non-hydrogen) atoms. The highest BCUT2D eigenvalue weighted by Crippen LogP contribution is 2.27. The number of nitrogens with one attached hydrogen (secondary N) is 2. The van der Waals surface area contributed by atoms with E-state index in [0.29, 0.717) is 21.4 Å². The maximum absolute atomic E-state index is 12.5. The minimum Gasteiger partial charge on any atom is -0.497 e. The highest BCUT2D eigenvalue weighted by Gasteiger charge is 2.16. The first-order valence-electron chi connectivity index (χ1n) is 6.91. The van der Waals surface area contributed by atoms with Crippen molar-refractivity contribution in [1.82, 2.24) is 4.98 Å². The number of methoxy groups -OCH3 is 1. The van der Waals surface area contributed by atoms with Gasteiger partial charge < -0.3 is 15.0 Å². The van der Waals surface area contributed by atoms with Gasteiger partial charge in [0.05, 0.1) is 7.11 Å². The molecule has 0 aliphatic heterocycles. The Morgan fingerprint density at radius 3 is 2.48 bits per heavy atom. The fraction of sp³-hybridized carbons (Fsp3) is 0.118. The molecule has 2 aromatic carbocycles. The third-order valence-corrected chi connectivity index (χ3v) is 4.05. The van der Waals surface area contributed by atoms with E-state index >= 15 is 0 Å². The van der Waals surface area contributed by atoms with Gasteiger partial charge in [0, 0.05) is 26.6 Å². The molecular formula is C17H14Cl2N2O2. The normalized spacial score (nSPS) is 10.8. The number of H-pyrrole nitrogens is 1. The first-order chi connectivity index (χ1) is 11.0. The molecule has 0 aliphatic carbocycles. The van der Waals surface area contributed by atoms with E-state index in [1.807, 2.05) is 25.1 Å². The molecule has 118 valence electrons. The summed E-state index contributed by atoms with van der Waals surface area (Å²) in [6.07, 6.45) is 0. The largest absolute Gasteiger partial charge is 0.497 e. The van der Waals surface area contributed by atoms with E-state index in [4.69, 9.17) is 27.9 Å². The number of ether oxygens (including phenoxy) is 1. The van der Waals surface area contributed by atoms with Crippen molar-refractivity contribution in [2.24, 2.45) is 0 Å². The molecule has 1 heterocycles. The van der Waals surface area contributed by atoms with Gasteiger partial charge in [-0.15, -0.1) is 0 Å². The number of rotatable bonds is 3. The average molecular weight is 349 g/mol. The number of aryl methyl sites for hydroxylation is 1. The Labute approximate surface area is 143 Å². The van der Waals surface area contributed by atoms with Crippen molar-refractivity contribution in [2.75, 3.05) is 12.4 Å². The number of benzene rings is 2. The Balaban J connectivity index is 1.96. The number of amides is 1. The van der Waals surface area contributed by atoms with E-state index in [-0.39, 0.29) is 5.91 Å². The van der Waals surface area contributed by atoms with Gasteiger partial charge in [0.1, 0.15) is 11.4 Å². The Kier molecular flexibility index (Phi) is 4.20. The zero-order valence-corrected chi connectivity index (χ0v) is 14.0. The summed E-state index contributed by atoms with van der Waals surface area (Å²) in [6, 6.07) is 10.5. The zero-order valence-electron chi connectivity index (χ0n) is 12.5. The summed E-state index contributed by atoms with van der Waals surface area (Å²) in [5, 5.41) is 4.67. The first kappa shape index (κ1) is 15.7. The van der Waals surface area contributed by atoms with Crippen LogP contribution in [0, 0.1) is 6.92 Å². The molecule has 3 aromatic rings. The molecular weight excluding hydrogens is 335 g/mol. The van der Waals surface area contributed by atoms with Crippen LogP contribution in [0.25, 0.3) is 10.9 Å². The van der Waals surface area contributed by atoms with E-state index in [9.17, 15) is 4.79 Å². The lowest BCUT2D eigenvalue weighted by molar-refractivity contribution is 0.102. The maximum atomic E-state index is 12.5. The van der Waals surface area contributed by atoms with Crippen LogP contribution in [0.1, 0.15) is 16.1 Å². The van der Waals surface area contributed by atoms with E-state index in [0.717, 1.165) is 22.2 Å². The fourth-order valence-corrected chi connectivity index (χ4v) is 3.01. The molecule has 0 saturated heterocycles. The van der Waals surface area contributed by atoms with Gasteiger partial charge in [0.15, 0.2) is 0 Å². The Morgan fingerprint density at radius 2 is 1.83 bits per heavy atom. The van der Waals surface area contributed by atoms with Gasteiger partial charge in [-0.3, -0.25) is 4.79 Å². The molecule has 0 atom stereocenters. The monoisotopic (exact) mass is 348 g/mol. The van der Waals surface area contributed by atoms with E-state index in [1.54, 1.807) is 25.3 Å². The van der Waals surface area contributed by atoms with Gasteiger partial charge in [-0.05, 0) is 48.9 Å². The number of halogens is 2. The van der Waals surface area contributed by atoms with Gasteiger partial charge in [-0.25, -0.2) is 0 Å². The Bertz CT molecular complexity index is 883. The minimum absolute atomic E-state index is 0.254. The predicted octanol–water partition coefficient (Wildman–Crippen LogP) is 5.04. The van der Waals surface area contributed by atoms with Crippen LogP contribution in [0.5, 0.6) is 5.75 Å². The molecule has 0 saturated carbocycles. The molecule has 0 spiro atoms. The Hall–Kier alpha value is -2.17. The SMILES string of the molecule is COc1ccc2[nH]c(C(=O)Nc3cc(Cl)cc(Cl)c3)c(C)c2c1. The van der Waals surface area contributed by atoms with Gasteiger partial charge >= 0.3 is 0 Å². The molecule has 1 aromatic heterocycles. The van der Waals surface area contributed by atoms with Crippen LogP contribution in [-0.2, 0) is 0 Å². The van der Waals surface area contributed by atoms with Gasteiger partial charge in [0.2, 0.25) is 0 Å². The lowest BCUT2D eigenvalue weighted by atomic mass is 10.1. The van der Waals surface area contributed by atoms with Crippen molar-refractivity contribution in [3.8, 4) is 5.75 Å². The molecule has 1 amide bonds. The average Bonchev–Trinajstić information content (AvgIpc) is 2.83. The fourth-order valence-electron chi connectivity index (χ4n) is 2.48. The first-order valence-corrected chi connectivity index (χ1v) is 7.67. The van der Waals surface area contributed by atoms with Crippen LogP contribution in [0.3, 0.4) is 0 Å². The van der Waals surface area contributed by atoms with Crippen LogP contribution >= 0.6 is 23.2 Å². The molecule has 2 N–H and O–H groups in total. The quantitative estimate of drug-likeness (QED) is 0.696. The maximum Gasteiger partial charge on any atom is 0.272 e. The molecule has 0 bridgehead atoms. The number of aromatic amines is 1. The van der Waals surface area contributed by atoms with Crippen molar-refractivity contribution in [3.63, 3.8) is 0 Å². The van der Waals surface area contributed by atoms with Crippen LogP contribution in [0.2, 0.25) is 10.0 Å². The van der Waals surface area contributed by atoms with Gasteiger partial charge in [-0.2, -0.15) is 0 Å². The van der Waals surface area contributed by atoms with Crippen molar-refractivity contribution in [3.05, 3.63) is 57.7 Å². The summed E-state index contributed by atoms with van der Waals surface area (Å²) in [7, 11) is 1.61. The number of anilines is 1. The summed E-state index contributed by atoms with van der Waals surface area (Å²) < 4.78 is 5.23. The number of aromatic nitrogens is 1. The predicted molar refractivity (Wildman–Crippen MR) is 94.0 cm³/mol. The summed E-state index contributed by atoms with van der Waals surface area (Å²) in [5.74, 6) is 0.490. The second kappa shape index (κ2) is 6.14. The van der Waals surface area contributed by atoms with Gasteiger partial charge in [-0.1, -0.05) is 23.2 Å². The van der Waals surface area contributed by atoms with E-state index in [1.165, 1.54) is 0 Å². The zero-order chi connectivity index (χ0) is 16.6. The summed E-state index contributed by atoms with van der Waals surface area (Å²) in [5.41, 5.74) is 2.76. The topological polar surface area (TPSA) is 54.1 Å². The third kappa shape index (κ3) is 3.14. The van der Waals surface area contributed by atoms with Crippen LogP contribution < -0.4 is 10.1 Å². The minimum atomic E-state index is -0.254. The number of fused-ring (bicyclic) bond motifs is 1. The lowest BCUT2D eigenvalue weighted by Crippen LogP contribution is -2.13. The molecule has 0 radical (unpaired) electrons. The second-order valence-electron chi connectivity index (χ2n) is 5.15. The number of hydrogen-bond donors (Lipinski definition) is 2. The van der Waals surface area contributed by atoms with Gasteiger partial charge in [0.25, 0.3) is 5.91 Å². The molecule has 4 nitrogen and oxygen atoms in total.